The minimum atomic E-state index is -0.431. The van der Waals surface area contributed by atoms with Gasteiger partial charge in [-0.3, -0.25) is 4.79 Å². The van der Waals surface area contributed by atoms with Crippen molar-refractivity contribution >= 4 is 0 Å². The van der Waals surface area contributed by atoms with Crippen LogP contribution in [0.1, 0.15) is 5.56 Å². The van der Waals surface area contributed by atoms with Crippen LogP contribution in [0.25, 0.3) is 22.5 Å². The van der Waals surface area contributed by atoms with Crippen LogP contribution in [0.3, 0.4) is 0 Å². The third-order valence-corrected chi connectivity index (χ3v) is 3.20. The monoisotopic (exact) mass is 268 g/mol. The number of benzene rings is 1. The summed E-state index contributed by atoms with van der Waals surface area (Å²) in [6.07, 6.45) is 1.41. The molecule has 2 heterocycles. The summed E-state index contributed by atoms with van der Waals surface area (Å²) in [6, 6.07) is 12.2. The average molecular weight is 268 g/mol. The van der Waals surface area contributed by atoms with Crippen LogP contribution < -0.4 is 5.56 Å². The second kappa shape index (κ2) is 4.79. The number of hydrogen-bond acceptors (Lipinski definition) is 4. The van der Waals surface area contributed by atoms with Gasteiger partial charge in [-0.15, -0.1) is 0 Å². The van der Waals surface area contributed by atoms with E-state index in [0.29, 0.717) is 11.3 Å². The molecule has 2 aliphatic heterocycles. The van der Waals surface area contributed by atoms with Gasteiger partial charge in [0.1, 0.15) is 0 Å². The van der Waals surface area contributed by atoms with Crippen LogP contribution in [0.5, 0.6) is 0 Å². The first-order valence-corrected chi connectivity index (χ1v) is 6.12. The fourth-order valence-corrected chi connectivity index (χ4v) is 2.30. The molecule has 0 unspecified atom stereocenters. The molecule has 0 saturated heterocycles. The SMILES string of the molecule is O=c1nc(-c2ccccc2)c(CO)c2n(O)cccc1-2. The van der Waals surface area contributed by atoms with Gasteiger partial charge in [0.25, 0.3) is 5.56 Å². The number of nitrogens with zero attached hydrogens (tertiary/aromatic N) is 2. The third-order valence-electron chi connectivity index (χ3n) is 3.20. The summed E-state index contributed by atoms with van der Waals surface area (Å²) in [7, 11) is 0. The molecule has 0 aromatic heterocycles. The zero-order valence-electron chi connectivity index (χ0n) is 10.5. The van der Waals surface area contributed by atoms with Crippen LogP contribution >= 0.6 is 0 Å². The topological polar surface area (TPSA) is 75.3 Å². The van der Waals surface area contributed by atoms with Gasteiger partial charge in [0.05, 0.1) is 23.6 Å². The Kier molecular flexibility index (Phi) is 2.96. The van der Waals surface area contributed by atoms with Gasteiger partial charge in [-0.1, -0.05) is 30.3 Å². The zero-order valence-corrected chi connectivity index (χ0v) is 10.5. The summed E-state index contributed by atoms with van der Waals surface area (Å²) in [5.74, 6) is 0. The molecule has 0 radical (unpaired) electrons. The van der Waals surface area contributed by atoms with E-state index in [1.54, 1.807) is 24.3 Å². The van der Waals surface area contributed by atoms with Crippen LogP contribution in [-0.2, 0) is 6.61 Å². The first kappa shape index (κ1) is 12.4. The Morgan fingerprint density at radius 3 is 2.55 bits per heavy atom. The number of aromatic nitrogens is 2. The Labute approximate surface area is 114 Å². The molecular formula is C15H12N2O3. The molecule has 2 aliphatic rings. The molecule has 1 aromatic rings. The molecule has 5 heteroatoms. The normalized spacial score (nSPS) is 10.8. The fourth-order valence-electron chi connectivity index (χ4n) is 2.30. The van der Waals surface area contributed by atoms with E-state index in [0.717, 1.165) is 10.3 Å². The quantitative estimate of drug-likeness (QED) is 0.694. The highest BCUT2D eigenvalue weighted by molar-refractivity contribution is 5.74. The van der Waals surface area contributed by atoms with Gasteiger partial charge in [-0.25, -0.2) is 4.98 Å². The molecule has 0 spiro atoms. The average Bonchev–Trinajstić information content (AvgIpc) is 2.49. The van der Waals surface area contributed by atoms with Crippen LogP contribution in [0, 0.1) is 0 Å². The fraction of sp³-hybridized carbons (Fsp3) is 0.0667. The molecule has 0 saturated carbocycles. The molecule has 100 valence electrons. The second-order valence-corrected chi connectivity index (χ2v) is 4.38. The van der Waals surface area contributed by atoms with Gasteiger partial charge >= 0.3 is 0 Å². The van der Waals surface area contributed by atoms with Crippen molar-refractivity contribution in [3.63, 3.8) is 0 Å². The Hall–Kier alpha value is -2.66. The largest absolute Gasteiger partial charge is 0.428 e. The highest BCUT2D eigenvalue weighted by Crippen LogP contribution is 2.29. The lowest BCUT2D eigenvalue weighted by molar-refractivity contribution is 0.186. The van der Waals surface area contributed by atoms with E-state index in [2.05, 4.69) is 4.98 Å². The predicted octanol–water partition coefficient (Wildman–Crippen LogP) is 1.74. The molecule has 0 fully saturated rings. The molecule has 5 nitrogen and oxygen atoms in total. The van der Waals surface area contributed by atoms with E-state index in [9.17, 15) is 15.1 Å². The number of hydrogen-bond donors (Lipinski definition) is 2. The van der Waals surface area contributed by atoms with Crippen molar-refractivity contribution in [1.29, 1.82) is 0 Å². The molecule has 1 aromatic carbocycles. The van der Waals surface area contributed by atoms with Gasteiger partial charge in [-0.05, 0) is 12.1 Å². The lowest BCUT2D eigenvalue weighted by Gasteiger charge is -2.15. The maximum atomic E-state index is 12.1. The van der Waals surface area contributed by atoms with Crippen molar-refractivity contribution in [3.8, 4) is 22.5 Å². The van der Waals surface area contributed by atoms with Gasteiger partial charge < -0.3 is 10.3 Å². The summed E-state index contributed by atoms with van der Waals surface area (Å²) in [4.78, 5) is 16.1. The van der Waals surface area contributed by atoms with Crippen molar-refractivity contribution in [3.05, 3.63) is 64.6 Å². The lowest BCUT2D eigenvalue weighted by atomic mass is 10.00. The molecule has 3 rings (SSSR count). The number of aliphatic hydroxyl groups excluding tert-OH is 1. The first-order valence-electron chi connectivity index (χ1n) is 6.12. The summed E-state index contributed by atoms with van der Waals surface area (Å²) in [6.45, 7) is -0.321. The second-order valence-electron chi connectivity index (χ2n) is 4.38. The minimum absolute atomic E-state index is 0.277. The molecule has 20 heavy (non-hydrogen) atoms. The molecule has 0 bridgehead atoms. The summed E-state index contributed by atoms with van der Waals surface area (Å²) in [5.41, 5.74) is 1.67. The van der Waals surface area contributed by atoms with Crippen molar-refractivity contribution < 1.29 is 10.3 Å². The van der Waals surface area contributed by atoms with E-state index in [1.807, 2.05) is 18.2 Å². The van der Waals surface area contributed by atoms with Crippen LogP contribution in [0.15, 0.2) is 53.5 Å². The maximum absolute atomic E-state index is 12.1. The highest BCUT2D eigenvalue weighted by atomic mass is 16.5. The summed E-state index contributed by atoms with van der Waals surface area (Å²) < 4.78 is 0.844. The Balaban J connectivity index is 2.43. The van der Waals surface area contributed by atoms with E-state index in [4.69, 9.17) is 0 Å². The predicted molar refractivity (Wildman–Crippen MR) is 73.7 cm³/mol. The van der Waals surface area contributed by atoms with Crippen LogP contribution in [0.4, 0.5) is 0 Å². The number of pyridine rings is 2. The van der Waals surface area contributed by atoms with Crippen molar-refractivity contribution in [1.82, 2.24) is 9.71 Å². The van der Waals surface area contributed by atoms with Crippen molar-refractivity contribution in [2.24, 2.45) is 0 Å². The lowest BCUT2D eigenvalue weighted by Crippen LogP contribution is -2.18. The standard InChI is InChI=1S/C15H12N2O3/c18-9-12-13(10-5-2-1-3-6-10)16-15(19)11-7-4-8-17(20)14(11)12/h1-8,18,20H,9H2. The van der Waals surface area contributed by atoms with Crippen molar-refractivity contribution in [2.75, 3.05) is 0 Å². The van der Waals surface area contributed by atoms with E-state index >= 15 is 0 Å². The first-order chi connectivity index (χ1) is 9.72. The third kappa shape index (κ3) is 1.85. The zero-order chi connectivity index (χ0) is 14.1. The number of fused-ring (bicyclic) bond motifs is 1. The van der Waals surface area contributed by atoms with E-state index in [1.165, 1.54) is 6.20 Å². The molecule has 0 atom stereocenters. The van der Waals surface area contributed by atoms with Crippen LogP contribution in [-0.4, -0.2) is 20.0 Å². The van der Waals surface area contributed by atoms with Gasteiger partial charge in [0, 0.05) is 17.3 Å². The molecule has 2 N–H and O–H groups in total. The van der Waals surface area contributed by atoms with Crippen molar-refractivity contribution in [2.45, 2.75) is 6.61 Å². The minimum Gasteiger partial charge on any atom is -0.428 e. The van der Waals surface area contributed by atoms with Gasteiger partial charge in [-0.2, -0.15) is 4.73 Å². The smallest absolute Gasteiger partial charge is 0.279 e. The summed E-state index contributed by atoms with van der Waals surface area (Å²) >= 11 is 0. The highest BCUT2D eigenvalue weighted by Gasteiger charge is 2.20. The maximum Gasteiger partial charge on any atom is 0.279 e. The molecule has 0 aliphatic carbocycles. The Bertz CT molecular complexity index is 781. The number of rotatable bonds is 2. The van der Waals surface area contributed by atoms with E-state index in [-0.39, 0.29) is 17.9 Å². The Morgan fingerprint density at radius 2 is 1.85 bits per heavy atom. The summed E-state index contributed by atoms with van der Waals surface area (Å²) in [5, 5.41) is 19.5. The number of aliphatic hydroxyl groups is 1. The van der Waals surface area contributed by atoms with Crippen LogP contribution in [0.2, 0.25) is 0 Å². The molecule has 0 amide bonds. The van der Waals surface area contributed by atoms with Gasteiger partial charge in [0.15, 0.2) is 0 Å². The van der Waals surface area contributed by atoms with Gasteiger partial charge in [0.2, 0.25) is 0 Å². The Morgan fingerprint density at radius 1 is 1.10 bits per heavy atom. The van der Waals surface area contributed by atoms with E-state index < -0.39 is 5.56 Å². The molecular weight excluding hydrogens is 256 g/mol.